The van der Waals surface area contributed by atoms with Crippen LogP contribution in [-0.2, 0) is 14.9 Å². The molecule has 3 aliphatic heterocycles. The zero-order valence-corrected chi connectivity index (χ0v) is 22.7. The highest BCUT2D eigenvalue weighted by Crippen LogP contribution is 2.56. The van der Waals surface area contributed by atoms with E-state index in [0.717, 1.165) is 63.0 Å². The van der Waals surface area contributed by atoms with Crippen LogP contribution in [0.1, 0.15) is 51.2 Å². The second-order valence-corrected chi connectivity index (χ2v) is 11.7. The Kier molecular flexibility index (Phi) is 6.04. The molecule has 200 valence electrons. The summed E-state index contributed by atoms with van der Waals surface area (Å²) < 4.78 is 5.43. The molecule has 6 rings (SSSR count). The number of ether oxygens (including phenoxy) is 1. The lowest BCUT2D eigenvalue weighted by Gasteiger charge is -2.51. The number of anilines is 3. The zero-order valence-electron chi connectivity index (χ0n) is 22.7. The van der Waals surface area contributed by atoms with Gasteiger partial charge in [0.25, 0.3) is 0 Å². The highest BCUT2D eigenvalue weighted by molar-refractivity contribution is 5.86. The first kappa shape index (κ1) is 25.0. The van der Waals surface area contributed by atoms with Crippen molar-refractivity contribution >= 4 is 23.4 Å². The zero-order chi connectivity index (χ0) is 26.7. The van der Waals surface area contributed by atoms with Crippen molar-refractivity contribution in [2.45, 2.75) is 63.1 Å². The van der Waals surface area contributed by atoms with Gasteiger partial charge in [-0.15, -0.1) is 0 Å². The molecule has 4 aliphatic rings. The van der Waals surface area contributed by atoms with Crippen LogP contribution < -0.4 is 9.80 Å². The van der Waals surface area contributed by atoms with Gasteiger partial charge < -0.3 is 19.4 Å². The van der Waals surface area contributed by atoms with Gasteiger partial charge >= 0.3 is 0 Å². The SMILES string of the molecule is COC1CN(C(C)(C)C(=O)N2CCN(c3ncnc4c3C3(CCC3)CN4c3cc(C#N)ccn3)CC2C)C1. The number of likely N-dealkylation sites (tertiary alicyclic amines) is 1. The lowest BCUT2D eigenvalue weighted by atomic mass is 9.66. The highest BCUT2D eigenvalue weighted by atomic mass is 16.5. The molecule has 1 atom stereocenters. The number of nitriles is 1. The number of pyridine rings is 1. The van der Waals surface area contributed by atoms with Gasteiger partial charge in [-0.1, -0.05) is 6.42 Å². The molecule has 0 bridgehead atoms. The summed E-state index contributed by atoms with van der Waals surface area (Å²) in [5, 5.41) is 9.42. The summed E-state index contributed by atoms with van der Waals surface area (Å²) in [5.41, 5.74) is 1.25. The molecule has 5 heterocycles. The van der Waals surface area contributed by atoms with E-state index < -0.39 is 5.54 Å². The number of piperazine rings is 1. The summed E-state index contributed by atoms with van der Waals surface area (Å²) in [6, 6.07) is 5.85. The van der Waals surface area contributed by atoms with Crippen LogP contribution in [0, 0.1) is 11.3 Å². The van der Waals surface area contributed by atoms with Crippen molar-refractivity contribution in [1.29, 1.82) is 5.26 Å². The molecule has 2 aromatic rings. The molecule has 2 aromatic heterocycles. The van der Waals surface area contributed by atoms with Crippen molar-refractivity contribution in [3.05, 3.63) is 35.8 Å². The Morgan fingerprint density at radius 2 is 1.92 bits per heavy atom. The number of fused-ring (bicyclic) bond motifs is 2. The fourth-order valence-electron chi connectivity index (χ4n) is 6.56. The van der Waals surface area contributed by atoms with Gasteiger partial charge in [-0.25, -0.2) is 15.0 Å². The first-order valence-corrected chi connectivity index (χ1v) is 13.6. The third-order valence-corrected chi connectivity index (χ3v) is 9.20. The number of methoxy groups -OCH3 is 1. The lowest BCUT2D eigenvalue weighted by molar-refractivity contribution is -0.154. The number of hydrogen-bond donors (Lipinski definition) is 0. The van der Waals surface area contributed by atoms with E-state index in [-0.39, 0.29) is 23.5 Å². The second kappa shape index (κ2) is 9.17. The largest absolute Gasteiger partial charge is 0.379 e. The minimum absolute atomic E-state index is 0.00380. The maximum absolute atomic E-state index is 13.7. The molecule has 38 heavy (non-hydrogen) atoms. The molecule has 1 aliphatic carbocycles. The summed E-state index contributed by atoms with van der Waals surface area (Å²) in [7, 11) is 1.73. The van der Waals surface area contributed by atoms with Gasteiger partial charge in [0.05, 0.1) is 23.3 Å². The fourth-order valence-corrected chi connectivity index (χ4v) is 6.56. The third-order valence-electron chi connectivity index (χ3n) is 9.20. The minimum Gasteiger partial charge on any atom is -0.379 e. The molecule has 10 nitrogen and oxygen atoms in total. The summed E-state index contributed by atoms with van der Waals surface area (Å²) in [4.78, 5) is 36.6. The minimum atomic E-state index is -0.553. The average molecular weight is 517 g/mol. The summed E-state index contributed by atoms with van der Waals surface area (Å²) in [6.07, 6.45) is 6.92. The Morgan fingerprint density at radius 3 is 2.58 bits per heavy atom. The van der Waals surface area contributed by atoms with Gasteiger partial charge in [0.1, 0.15) is 23.8 Å². The molecule has 1 amide bonds. The molecule has 1 saturated carbocycles. The van der Waals surface area contributed by atoms with E-state index >= 15 is 0 Å². The van der Waals surface area contributed by atoms with Crippen LogP contribution in [0.25, 0.3) is 0 Å². The van der Waals surface area contributed by atoms with Crippen LogP contribution >= 0.6 is 0 Å². The topological polar surface area (TPSA) is 102 Å². The monoisotopic (exact) mass is 516 g/mol. The molecule has 1 unspecified atom stereocenters. The van der Waals surface area contributed by atoms with E-state index in [1.54, 1.807) is 25.7 Å². The van der Waals surface area contributed by atoms with E-state index in [1.165, 1.54) is 12.0 Å². The molecule has 3 fully saturated rings. The molecule has 1 spiro atoms. The fraction of sp³-hybridized carbons (Fsp3) is 0.607. The van der Waals surface area contributed by atoms with Crippen molar-refractivity contribution in [1.82, 2.24) is 24.8 Å². The second-order valence-electron chi connectivity index (χ2n) is 11.7. The van der Waals surface area contributed by atoms with Crippen LogP contribution in [-0.4, -0.2) is 94.7 Å². The number of rotatable bonds is 5. The predicted octanol–water partition coefficient (Wildman–Crippen LogP) is 2.46. The van der Waals surface area contributed by atoms with Crippen LogP contribution in [0.4, 0.5) is 17.5 Å². The van der Waals surface area contributed by atoms with Crippen molar-refractivity contribution < 1.29 is 9.53 Å². The van der Waals surface area contributed by atoms with Crippen molar-refractivity contribution in [3.63, 3.8) is 0 Å². The molecule has 2 saturated heterocycles. The number of amides is 1. The molecule has 10 heteroatoms. The number of carbonyl (C=O) groups is 1. The number of carbonyl (C=O) groups excluding carboxylic acids is 1. The molecule has 0 radical (unpaired) electrons. The van der Waals surface area contributed by atoms with Crippen molar-refractivity contribution in [2.24, 2.45) is 0 Å². The van der Waals surface area contributed by atoms with Gasteiger partial charge in [0.15, 0.2) is 0 Å². The van der Waals surface area contributed by atoms with Crippen molar-refractivity contribution in [2.75, 3.05) is 56.2 Å². The Hall–Kier alpha value is -3.29. The number of aromatic nitrogens is 3. The van der Waals surface area contributed by atoms with E-state index in [9.17, 15) is 10.1 Å². The summed E-state index contributed by atoms with van der Waals surface area (Å²) in [5.74, 6) is 2.82. The normalized spacial score (nSPS) is 23.1. The lowest BCUT2D eigenvalue weighted by Crippen LogP contribution is -2.68. The van der Waals surface area contributed by atoms with E-state index in [2.05, 4.69) is 32.7 Å². The number of hydrogen-bond acceptors (Lipinski definition) is 9. The summed E-state index contributed by atoms with van der Waals surface area (Å²) >= 11 is 0. The van der Waals surface area contributed by atoms with Gasteiger partial charge in [-0.2, -0.15) is 5.26 Å². The Balaban J connectivity index is 1.25. The average Bonchev–Trinajstić information content (AvgIpc) is 3.24. The van der Waals surface area contributed by atoms with Gasteiger partial charge in [-0.05, 0) is 45.7 Å². The Labute approximate surface area is 224 Å². The van der Waals surface area contributed by atoms with Gasteiger partial charge in [0, 0.05) is 69.6 Å². The van der Waals surface area contributed by atoms with Gasteiger partial charge in [-0.3, -0.25) is 9.69 Å². The summed E-state index contributed by atoms with van der Waals surface area (Å²) in [6.45, 7) is 10.7. The van der Waals surface area contributed by atoms with Crippen LogP contribution in [0.2, 0.25) is 0 Å². The maximum Gasteiger partial charge on any atom is 0.242 e. The smallest absolute Gasteiger partial charge is 0.242 e. The van der Waals surface area contributed by atoms with Crippen LogP contribution in [0.3, 0.4) is 0 Å². The first-order chi connectivity index (χ1) is 18.3. The van der Waals surface area contributed by atoms with Crippen LogP contribution in [0.15, 0.2) is 24.7 Å². The Bertz CT molecular complexity index is 1280. The van der Waals surface area contributed by atoms with E-state index in [0.29, 0.717) is 12.1 Å². The maximum atomic E-state index is 13.7. The van der Waals surface area contributed by atoms with Gasteiger partial charge in [0.2, 0.25) is 5.91 Å². The molecule has 0 N–H and O–H groups in total. The number of nitrogens with zero attached hydrogens (tertiary/aromatic N) is 8. The van der Waals surface area contributed by atoms with E-state index in [4.69, 9.17) is 14.7 Å². The third kappa shape index (κ3) is 3.83. The molecular formula is C28H36N8O2. The standard InChI is InChI=1S/C28H36N8O2/c1-19-14-33(10-11-35(19)26(37)27(2,3)34-15-21(16-34)38-4)24-23-25(32-18-31-24)36(17-28(23)7-5-8-28)22-12-20(13-29)6-9-30-22/h6,9,12,18-19,21H,5,7-8,10-11,14-17H2,1-4H3. The molecule has 0 aromatic carbocycles. The quantitative estimate of drug-likeness (QED) is 0.593. The van der Waals surface area contributed by atoms with E-state index in [1.807, 2.05) is 24.8 Å². The van der Waals surface area contributed by atoms with Crippen molar-refractivity contribution in [3.8, 4) is 6.07 Å². The highest BCUT2D eigenvalue weighted by Gasteiger charge is 2.52. The molecular weight excluding hydrogens is 480 g/mol. The van der Waals surface area contributed by atoms with Crippen LogP contribution in [0.5, 0.6) is 0 Å². The predicted molar refractivity (Wildman–Crippen MR) is 143 cm³/mol. The Morgan fingerprint density at radius 1 is 1.16 bits per heavy atom. The first-order valence-electron chi connectivity index (χ1n) is 13.6.